The Bertz CT molecular complexity index is 545. The Morgan fingerprint density at radius 1 is 0.667 bits per heavy atom. The van der Waals surface area contributed by atoms with Gasteiger partial charge >= 0.3 is 0 Å². The van der Waals surface area contributed by atoms with Crippen molar-refractivity contribution in [2.45, 2.75) is 119 Å². The van der Waals surface area contributed by atoms with E-state index in [2.05, 4.69) is 0 Å². The van der Waals surface area contributed by atoms with Gasteiger partial charge in [-0.2, -0.15) is 0 Å². The van der Waals surface area contributed by atoms with E-state index in [1.54, 1.807) is 0 Å². The fourth-order valence-electron chi connectivity index (χ4n) is 6.01. The van der Waals surface area contributed by atoms with Gasteiger partial charge in [-0.3, -0.25) is 0 Å². The molecule has 0 spiro atoms. The lowest BCUT2D eigenvalue weighted by Crippen LogP contribution is -2.41. The molecule has 6 rings (SSSR count). The molecule has 6 aliphatic rings. The Balaban J connectivity index is 1.12. The Labute approximate surface area is 162 Å². The van der Waals surface area contributed by atoms with Crippen molar-refractivity contribution in [2.24, 2.45) is 5.41 Å². The van der Waals surface area contributed by atoms with Crippen molar-refractivity contribution < 1.29 is 23.7 Å². The van der Waals surface area contributed by atoms with Crippen LogP contribution in [0.5, 0.6) is 0 Å². The molecule has 27 heavy (non-hydrogen) atoms. The van der Waals surface area contributed by atoms with Crippen LogP contribution in [0.1, 0.15) is 83.5 Å². The molecule has 5 heteroatoms. The molecule has 3 saturated heterocycles. The number of rotatable bonds is 6. The van der Waals surface area contributed by atoms with Crippen LogP contribution in [0.3, 0.4) is 0 Å². The second-order valence-corrected chi connectivity index (χ2v) is 10.1. The Kier molecular flexibility index (Phi) is 4.18. The average molecular weight is 379 g/mol. The fraction of sp³-hybridized carbons (Fsp3) is 1.00. The lowest BCUT2D eigenvalue weighted by Gasteiger charge is -2.37. The second kappa shape index (κ2) is 6.40. The van der Waals surface area contributed by atoms with Crippen molar-refractivity contribution >= 4 is 0 Å². The molecule has 0 N–H and O–H groups in total. The molecule has 6 atom stereocenters. The molecule has 152 valence electrons. The second-order valence-electron chi connectivity index (χ2n) is 10.1. The molecule has 6 unspecified atom stereocenters. The molecule has 0 bridgehead atoms. The SMILES string of the molecule is C1CCC2OC2(OCC2(COC34CCCCCC3O4)CCC3OC3C2)CC1. The van der Waals surface area contributed by atoms with E-state index in [9.17, 15) is 0 Å². The van der Waals surface area contributed by atoms with Gasteiger partial charge in [0.05, 0.1) is 25.4 Å². The van der Waals surface area contributed by atoms with Crippen LogP contribution in [-0.4, -0.2) is 49.2 Å². The highest BCUT2D eigenvalue weighted by atomic mass is 16.8. The summed E-state index contributed by atoms with van der Waals surface area (Å²) >= 11 is 0. The molecule has 0 radical (unpaired) electrons. The summed E-state index contributed by atoms with van der Waals surface area (Å²) in [6.07, 6.45) is 17.0. The topological polar surface area (TPSA) is 56.0 Å². The van der Waals surface area contributed by atoms with Gasteiger partial charge in [0, 0.05) is 18.3 Å². The van der Waals surface area contributed by atoms with Crippen LogP contribution in [0.25, 0.3) is 0 Å². The molecular formula is C22H34O5. The summed E-state index contributed by atoms with van der Waals surface area (Å²) in [4.78, 5) is 0. The molecule has 3 saturated carbocycles. The van der Waals surface area contributed by atoms with Crippen molar-refractivity contribution in [2.75, 3.05) is 13.2 Å². The zero-order valence-corrected chi connectivity index (χ0v) is 16.5. The molecular weight excluding hydrogens is 344 g/mol. The number of hydrogen-bond donors (Lipinski definition) is 0. The van der Waals surface area contributed by atoms with Crippen LogP contribution in [-0.2, 0) is 23.7 Å². The molecule has 0 aromatic heterocycles. The molecule has 0 aromatic carbocycles. The van der Waals surface area contributed by atoms with Gasteiger partial charge in [0.15, 0.2) is 11.6 Å². The molecule has 5 nitrogen and oxygen atoms in total. The van der Waals surface area contributed by atoms with Crippen molar-refractivity contribution in [3.8, 4) is 0 Å². The van der Waals surface area contributed by atoms with E-state index < -0.39 is 0 Å². The van der Waals surface area contributed by atoms with E-state index in [-0.39, 0.29) is 17.0 Å². The minimum absolute atomic E-state index is 0.0623. The first-order chi connectivity index (χ1) is 13.2. The predicted molar refractivity (Wildman–Crippen MR) is 98.2 cm³/mol. The molecule has 3 aliphatic heterocycles. The van der Waals surface area contributed by atoms with E-state index >= 15 is 0 Å². The van der Waals surface area contributed by atoms with Gasteiger partial charge in [0.25, 0.3) is 0 Å². The third kappa shape index (κ3) is 3.28. The van der Waals surface area contributed by atoms with Gasteiger partial charge in [-0.25, -0.2) is 0 Å². The summed E-state index contributed by atoms with van der Waals surface area (Å²) in [6.45, 7) is 1.49. The minimum atomic E-state index is -0.274. The van der Waals surface area contributed by atoms with Crippen LogP contribution < -0.4 is 0 Å². The maximum absolute atomic E-state index is 6.55. The van der Waals surface area contributed by atoms with Crippen molar-refractivity contribution in [3.05, 3.63) is 0 Å². The lowest BCUT2D eigenvalue weighted by atomic mass is 9.75. The summed E-state index contributed by atoms with van der Waals surface area (Å²) in [5, 5.41) is 0. The standard InChI is InChI=1S/C22H34O5/c1-3-7-18-21(26-18,10-5-1)23-14-20(12-9-16-17(13-20)25-16)15-24-22-11-6-2-4-8-19(22)27-22/h16-19H,1-15H2. The maximum Gasteiger partial charge on any atom is 0.195 e. The van der Waals surface area contributed by atoms with Crippen LogP contribution in [0.2, 0.25) is 0 Å². The normalized spacial score (nSPS) is 53.3. The van der Waals surface area contributed by atoms with Crippen molar-refractivity contribution in [1.29, 1.82) is 0 Å². The first-order valence-electron chi connectivity index (χ1n) is 11.5. The zero-order chi connectivity index (χ0) is 18.0. The molecule has 0 aromatic rings. The maximum atomic E-state index is 6.55. The highest BCUT2D eigenvalue weighted by Gasteiger charge is 2.61. The predicted octanol–water partition coefficient (Wildman–Crippen LogP) is 4.08. The molecule has 3 heterocycles. The lowest BCUT2D eigenvalue weighted by molar-refractivity contribution is -0.141. The summed E-state index contributed by atoms with van der Waals surface area (Å²) in [5.74, 6) is -0.548. The summed E-state index contributed by atoms with van der Waals surface area (Å²) < 4.78 is 31.0. The Morgan fingerprint density at radius 2 is 1.30 bits per heavy atom. The van der Waals surface area contributed by atoms with Gasteiger partial charge in [-0.05, 0) is 44.9 Å². The monoisotopic (exact) mass is 378 g/mol. The van der Waals surface area contributed by atoms with E-state index in [0.717, 1.165) is 58.2 Å². The van der Waals surface area contributed by atoms with Crippen LogP contribution >= 0.6 is 0 Å². The smallest absolute Gasteiger partial charge is 0.195 e. The van der Waals surface area contributed by atoms with Crippen molar-refractivity contribution in [1.82, 2.24) is 0 Å². The van der Waals surface area contributed by atoms with E-state index in [4.69, 9.17) is 23.7 Å². The Morgan fingerprint density at radius 3 is 1.89 bits per heavy atom. The largest absolute Gasteiger partial charge is 0.370 e. The third-order valence-corrected chi connectivity index (χ3v) is 8.06. The first-order valence-corrected chi connectivity index (χ1v) is 11.5. The van der Waals surface area contributed by atoms with Crippen LogP contribution in [0.4, 0.5) is 0 Å². The van der Waals surface area contributed by atoms with Crippen LogP contribution in [0, 0.1) is 5.41 Å². The highest BCUT2D eigenvalue weighted by Crippen LogP contribution is 2.53. The Hall–Kier alpha value is -0.200. The fourth-order valence-corrected chi connectivity index (χ4v) is 6.01. The zero-order valence-electron chi connectivity index (χ0n) is 16.5. The number of epoxide rings is 3. The summed E-state index contributed by atoms with van der Waals surface area (Å²) in [5.41, 5.74) is 0.0623. The molecule has 6 fully saturated rings. The van der Waals surface area contributed by atoms with Gasteiger partial charge in [0.1, 0.15) is 12.2 Å². The minimum Gasteiger partial charge on any atom is -0.370 e. The van der Waals surface area contributed by atoms with Crippen LogP contribution in [0.15, 0.2) is 0 Å². The van der Waals surface area contributed by atoms with Gasteiger partial charge in [0.2, 0.25) is 0 Å². The quantitative estimate of drug-likeness (QED) is 0.652. The molecule has 0 amide bonds. The first kappa shape index (κ1) is 17.6. The van der Waals surface area contributed by atoms with E-state index in [1.165, 1.54) is 38.5 Å². The third-order valence-electron chi connectivity index (χ3n) is 8.06. The highest BCUT2D eigenvalue weighted by molar-refractivity contribution is 5.03. The average Bonchev–Trinajstić information content (AvgIpc) is 3.53. The number of hydrogen-bond acceptors (Lipinski definition) is 5. The molecule has 3 aliphatic carbocycles. The number of ether oxygens (including phenoxy) is 5. The summed E-state index contributed by atoms with van der Waals surface area (Å²) in [6, 6.07) is 0. The van der Waals surface area contributed by atoms with Gasteiger partial charge in [-0.15, -0.1) is 0 Å². The van der Waals surface area contributed by atoms with E-state index in [1.807, 2.05) is 0 Å². The van der Waals surface area contributed by atoms with Gasteiger partial charge in [-0.1, -0.05) is 25.7 Å². The number of fused-ring (bicyclic) bond motifs is 3. The van der Waals surface area contributed by atoms with Crippen molar-refractivity contribution in [3.63, 3.8) is 0 Å². The van der Waals surface area contributed by atoms with E-state index in [0.29, 0.717) is 24.4 Å². The van der Waals surface area contributed by atoms with Gasteiger partial charge < -0.3 is 23.7 Å². The summed E-state index contributed by atoms with van der Waals surface area (Å²) in [7, 11) is 0.